The van der Waals surface area contributed by atoms with Crippen molar-refractivity contribution in [3.8, 4) is 0 Å². The van der Waals surface area contributed by atoms with Crippen LogP contribution in [0.2, 0.25) is 0 Å². The van der Waals surface area contributed by atoms with E-state index in [4.69, 9.17) is 4.74 Å². The van der Waals surface area contributed by atoms with Crippen LogP contribution in [-0.4, -0.2) is 29.3 Å². The molecule has 1 aromatic heterocycles. The highest BCUT2D eigenvalue weighted by atomic mass is 16.5. The summed E-state index contributed by atoms with van der Waals surface area (Å²) in [5, 5.41) is 3.57. The number of nitrogens with one attached hydrogen (secondary N) is 1. The van der Waals surface area contributed by atoms with Crippen LogP contribution in [0, 0.1) is 5.92 Å². The summed E-state index contributed by atoms with van der Waals surface area (Å²) in [6.45, 7) is 5.30. The first kappa shape index (κ1) is 12.2. The van der Waals surface area contributed by atoms with Gasteiger partial charge in [-0.3, -0.25) is 0 Å². The van der Waals surface area contributed by atoms with Crippen LogP contribution in [0.15, 0.2) is 12.5 Å². The van der Waals surface area contributed by atoms with Gasteiger partial charge in [0, 0.05) is 31.5 Å². The van der Waals surface area contributed by atoms with Crippen LogP contribution in [0.5, 0.6) is 0 Å². The average Bonchev–Trinajstić information content (AvgIpc) is 3.09. The van der Waals surface area contributed by atoms with Gasteiger partial charge in [0.05, 0.1) is 12.0 Å². The molecule has 0 spiro atoms. The minimum absolute atomic E-state index is 0.509. The standard InChI is InChI=1S/C14H23N3O/c1-11(12-4-7-18-8-5-12)17-10-15-9-14(17)13-3-2-6-16-13/h9-13,16H,2-8H2,1H3. The lowest BCUT2D eigenvalue weighted by Crippen LogP contribution is -2.26. The molecule has 1 aromatic rings. The highest BCUT2D eigenvalue weighted by Crippen LogP contribution is 2.31. The molecule has 2 atom stereocenters. The fourth-order valence-electron chi connectivity index (χ4n) is 3.29. The summed E-state index contributed by atoms with van der Waals surface area (Å²) in [5.41, 5.74) is 1.37. The van der Waals surface area contributed by atoms with Crippen molar-refractivity contribution in [3.63, 3.8) is 0 Å². The van der Waals surface area contributed by atoms with E-state index in [1.54, 1.807) is 0 Å². The average molecular weight is 249 g/mol. The maximum Gasteiger partial charge on any atom is 0.0951 e. The Labute approximate surface area is 109 Å². The molecule has 4 heteroatoms. The molecule has 100 valence electrons. The van der Waals surface area contributed by atoms with E-state index in [0.717, 1.165) is 25.7 Å². The maximum absolute atomic E-state index is 5.46. The van der Waals surface area contributed by atoms with Crippen molar-refractivity contribution < 1.29 is 4.74 Å². The van der Waals surface area contributed by atoms with Crippen molar-refractivity contribution in [1.82, 2.24) is 14.9 Å². The number of rotatable bonds is 3. The predicted octanol–water partition coefficient (Wildman–Crippen LogP) is 2.30. The summed E-state index contributed by atoms with van der Waals surface area (Å²) in [7, 11) is 0. The van der Waals surface area contributed by atoms with Gasteiger partial charge in [0.15, 0.2) is 0 Å². The molecule has 2 aliphatic heterocycles. The highest BCUT2D eigenvalue weighted by Gasteiger charge is 2.26. The van der Waals surface area contributed by atoms with E-state index >= 15 is 0 Å². The number of imidazole rings is 1. The quantitative estimate of drug-likeness (QED) is 0.893. The molecule has 2 unspecified atom stereocenters. The Morgan fingerprint density at radius 3 is 2.94 bits per heavy atom. The summed E-state index contributed by atoms with van der Waals surface area (Å²) < 4.78 is 7.85. The van der Waals surface area contributed by atoms with Gasteiger partial charge >= 0.3 is 0 Å². The van der Waals surface area contributed by atoms with Crippen LogP contribution >= 0.6 is 0 Å². The third-order valence-electron chi connectivity index (χ3n) is 4.50. The van der Waals surface area contributed by atoms with E-state index in [-0.39, 0.29) is 0 Å². The van der Waals surface area contributed by atoms with Crippen LogP contribution in [0.3, 0.4) is 0 Å². The molecule has 0 saturated carbocycles. The zero-order valence-electron chi connectivity index (χ0n) is 11.1. The van der Waals surface area contributed by atoms with Crippen molar-refractivity contribution in [2.75, 3.05) is 19.8 Å². The van der Waals surface area contributed by atoms with Gasteiger partial charge in [0.2, 0.25) is 0 Å². The molecule has 3 heterocycles. The Morgan fingerprint density at radius 1 is 1.39 bits per heavy atom. The number of hydrogen-bond acceptors (Lipinski definition) is 3. The second-order valence-electron chi connectivity index (χ2n) is 5.57. The van der Waals surface area contributed by atoms with Crippen molar-refractivity contribution in [1.29, 1.82) is 0 Å². The number of nitrogens with zero attached hydrogens (tertiary/aromatic N) is 2. The van der Waals surface area contributed by atoms with E-state index in [2.05, 4.69) is 21.8 Å². The molecule has 2 saturated heterocycles. The minimum Gasteiger partial charge on any atom is -0.381 e. The molecule has 0 amide bonds. The topological polar surface area (TPSA) is 39.1 Å². The molecule has 0 aliphatic carbocycles. The third kappa shape index (κ3) is 2.31. The highest BCUT2D eigenvalue weighted by molar-refractivity contribution is 5.08. The van der Waals surface area contributed by atoms with Crippen LogP contribution in [0.25, 0.3) is 0 Å². The van der Waals surface area contributed by atoms with Gasteiger partial charge in [0.1, 0.15) is 0 Å². The van der Waals surface area contributed by atoms with E-state index in [9.17, 15) is 0 Å². The van der Waals surface area contributed by atoms with E-state index in [1.807, 2.05) is 12.5 Å². The first-order valence-corrected chi connectivity index (χ1v) is 7.19. The molecule has 0 aromatic carbocycles. The van der Waals surface area contributed by atoms with Crippen molar-refractivity contribution in [3.05, 3.63) is 18.2 Å². The minimum atomic E-state index is 0.509. The molecule has 3 rings (SSSR count). The molecule has 2 aliphatic rings. The van der Waals surface area contributed by atoms with Crippen LogP contribution in [0.1, 0.15) is 50.4 Å². The summed E-state index contributed by atoms with van der Waals surface area (Å²) >= 11 is 0. The fraction of sp³-hybridized carbons (Fsp3) is 0.786. The SMILES string of the molecule is CC(C1CCOCC1)n1cncc1C1CCCN1. The summed E-state index contributed by atoms with van der Waals surface area (Å²) in [5.74, 6) is 0.730. The van der Waals surface area contributed by atoms with E-state index in [1.165, 1.54) is 31.4 Å². The monoisotopic (exact) mass is 249 g/mol. The Balaban J connectivity index is 1.76. The van der Waals surface area contributed by atoms with E-state index in [0.29, 0.717) is 12.1 Å². The lowest BCUT2D eigenvalue weighted by atomic mass is 9.92. The van der Waals surface area contributed by atoms with E-state index < -0.39 is 0 Å². The summed E-state index contributed by atoms with van der Waals surface area (Å²) in [6.07, 6.45) is 8.93. The van der Waals surface area contributed by atoms with Gasteiger partial charge in [-0.15, -0.1) is 0 Å². The number of ether oxygens (including phenoxy) is 1. The Hall–Kier alpha value is -0.870. The van der Waals surface area contributed by atoms with Crippen LogP contribution < -0.4 is 5.32 Å². The second kappa shape index (κ2) is 5.41. The zero-order chi connectivity index (χ0) is 12.4. The van der Waals surface area contributed by atoms with Gasteiger partial charge in [-0.1, -0.05) is 0 Å². The molecule has 0 bridgehead atoms. The molecule has 0 radical (unpaired) electrons. The van der Waals surface area contributed by atoms with Gasteiger partial charge in [-0.2, -0.15) is 0 Å². The van der Waals surface area contributed by atoms with Crippen LogP contribution in [0.4, 0.5) is 0 Å². The molecule has 4 nitrogen and oxygen atoms in total. The lowest BCUT2D eigenvalue weighted by molar-refractivity contribution is 0.0508. The van der Waals surface area contributed by atoms with Gasteiger partial charge in [-0.25, -0.2) is 4.98 Å². The fourth-order valence-corrected chi connectivity index (χ4v) is 3.29. The lowest BCUT2D eigenvalue weighted by Gasteiger charge is -2.30. The smallest absolute Gasteiger partial charge is 0.0951 e. The maximum atomic E-state index is 5.46. The van der Waals surface area contributed by atoms with Gasteiger partial charge < -0.3 is 14.6 Å². The first-order chi connectivity index (χ1) is 8.86. The number of aromatic nitrogens is 2. The third-order valence-corrected chi connectivity index (χ3v) is 4.50. The number of hydrogen-bond donors (Lipinski definition) is 1. The van der Waals surface area contributed by atoms with Crippen molar-refractivity contribution in [2.45, 2.75) is 44.7 Å². The molecular formula is C14H23N3O. The van der Waals surface area contributed by atoms with Crippen LogP contribution in [-0.2, 0) is 4.74 Å². The Kier molecular flexibility index (Phi) is 3.66. The van der Waals surface area contributed by atoms with Gasteiger partial charge in [-0.05, 0) is 45.1 Å². The molecular weight excluding hydrogens is 226 g/mol. The Bertz CT molecular complexity index is 378. The molecule has 2 fully saturated rings. The predicted molar refractivity (Wildman–Crippen MR) is 70.5 cm³/mol. The normalized spacial score (nSPS) is 27.5. The Morgan fingerprint density at radius 2 is 2.22 bits per heavy atom. The van der Waals surface area contributed by atoms with Crippen molar-refractivity contribution in [2.24, 2.45) is 5.92 Å². The first-order valence-electron chi connectivity index (χ1n) is 7.19. The molecule has 1 N–H and O–H groups in total. The zero-order valence-corrected chi connectivity index (χ0v) is 11.1. The van der Waals surface area contributed by atoms with Gasteiger partial charge in [0.25, 0.3) is 0 Å². The second-order valence-corrected chi connectivity index (χ2v) is 5.57. The largest absolute Gasteiger partial charge is 0.381 e. The summed E-state index contributed by atoms with van der Waals surface area (Å²) in [6, 6.07) is 1.04. The summed E-state index contributed by atoms with van der Waals surface area (Å²) in [4.78, 5) is 4.37. The molecule has 18 heavy (non-hydrogen) atoms. The van der Waals surface area contributed by atoms with Crippen molar-refractivity contribution >= 4 is 0 Å².